The molecular formula is C7H12GeN2. The van der Waals surface area contributed by atoms with Crippen LogP contribution in [0, 0.1) is 0 Å². The van der Waals surface area contributed by atoms with E-state index in [2.05, 4.69) is 33.5 Å². The fraction of sp³-hybridized carbons (Fsp3) is 0.429. The minimum absolute atomic E-state index is 1.41. The van der Waals surface area contributed by atoms with E-state index in [9.17, 15) is 0 Å². The predicted molar refractivity (Wildman–Crippen MR) is 45.0 cm³/mol. The molecule has 2 nitrogen and oxygen atoms in total. The van der Waals surface area contributed by atoms with E-state index < -0.39 is 13.3 Å². The zero-order chi connectivity index (χ0) is 7.61. The van der Waals surface area contributed by atoms with Crippen LogP contribution in [-0.2, 0) is 0 Å². The summed E-state index contributed by atoms with van der Waals surface area (Å²) in [5.41, 5.74) is 0. The molecule has 0 saturated heterocycles. The molecule has 0 atom stereocenters. The van der Waals surface area contributed by atoms with Gasteiger partial charge in [0.25, 0.3) is 0 Å². The Labute approximate surface area is 64.0 Å². The van der Waals surface area contributed by atoms with Crippen molar-refractivity contribution >= 4 is 17.7 Å². The van der Waals surface area contributed by atoms with Crippen LogP contribution in [0.4, 0.5) is 0 Å². The van der Waals surface area contributed by atoms with Gasteiger partial charge in [-0.2, -0.15) is 0 Å². The summed E-state index contributed by atoms with van der Waals surface area (Å²) < 4.78 is 1.41. The van der Waals surface area contributed by atoms with Crippen molar-refractivity contribution in [2.24, 2.45) is 0 Å². The molecule has 0 aliphatic carbocycles. The zero-order valence-electron chi connectivity index (χ0n) is 6.63. The van der Waals surface area contributed by atoms with E-state index in [1.807, 2.05) is 6.20 Å². The Morgan fingerprint density at radius 1 is 1.20 bits per heavy atom. The van der Waals surface area contributed by atoms with E-state index in [-0.39, 0.29) is 0 Å². The minimum atomic E-state index is -1.60. The van der Waals surface area contributed by atoms with Crippen molar-refractivity contribution in [2.75, 3.05) is 0 Å². The van der Waals surface area contributed by atoms with Crippen LogP contribution in [0.2, 0.25) is 17.3 Å². The molecule has 1 heterocycles. The monoisotopic (exact) mass is 198 g/mol. The molecular weight excluding hydrogens is 185 g/mol. The second-order valence-corrected chi connectivity index (χ2v) is 14.0. The molecule has 0 amide bonds. The molecule has 1 rings (SSSR count). The molecule has 1 aromatic rings. The van der Waals surface area contributed by atoms with Gasteiger partial charge >= 0.3 is 63.6 Å². The van der Waals surface area contributed by atoms with Crippen molar-refractivity contribution in [2.45, 2.75) is 17.3 Å². The van der Waals surface area contributed by atoms with Crippen molar-refractivity contribution in [1.82, 2.24) is 10.2 Å². The van der Waals surface area contributed by atoms with Crippen molar-refractivity contribution in [1.29, 1.82) is 0 Å². The van der Waals surface area contributed by atoms with Gasteiger partial charge in [0.1, 0.15) is 0 Å². The third-order valence-electron chi connectivity index (χ3n) is 1.45. The van der Waals surface area contributed by atoms with Crippen LogP contribution in [0.3, 0.4) is 0 Å². The Morgan fingerprint density at radius 2 is 1.90 bits per heavy atom. The summed E-state index contributed by atoms with van der Waals surface area (Å²) in [5, 5.41) is 7.59. The molecule has 0 fully saturated rings. The van der Waals surface area contributed by atoms with Crippen molar-refractivity contribution in [3.05, 3.63) is 18.5 Å². The molecule has 0 N–H and O–H groups in total. The molecule has 0 saturated carbocycles. The average molecular weight is 197 g/mol. The molecule has 0 bridgehead atoms. The second-order valence-electron chi connectivity index (χ2n) is 3.38. The number of nitrogens with zero attached hydrogens (tertiary/aromatic N) is 2. The molecule has 0 radical (unpaired) electrons. The topological polar surface area (TPSA) is 25.8 Å². The molecule has 0 spiro atoms. The van der Waals surface area contributed by atoms with Crippen LogP contribution in [0.1, 0.15) is 0 Å². The molecule has 0 aliphatic heterocycles. The van der Waals surface area contributed by atoms with Crippen LogP contribution in [0.15, 0.2) is 18.5 Å². The van der Waals surface area contributed by atoms with Crippen molar-refractivity contribution in [3.8, 4) is 0 Å². The van der Waals surface area contributed by atoms with Gasteiger partial charge in [0, 0.05) is 0 Å². The summed E-state index contributed by atoms with van der Waals surface area (Å²) in [5.74, 6) is 7.03. The van der Waals surface area contributed by atoms with Gasteiger partial charge in [0.05, 0.1) is 0 Å². The first-order valence-corrected chi connectivity index (χ1v) is 10.7. The number of hydrogen-bond acceptors (Lipinski definition) is 2. The Morgan fingerprint density at radius 3 is 2.20 bits per heavy atom. The Kier molecular flexibility index (Phi) is 2.09. The number of hydrogen-bond donors (Lipinski definition) is 0. The molecule has 10 heavy (non-hydrogen) atoms. The molecule has 0 aliphatic rings. The first-order valence-electron chi connectivity index (χ1n) is 3.38. The molecule has 0 unspecified atom stereocenters. The third kappa shape index (κ3) is 1.80. The van der Waals surface area contributed by atoms with Gasteiger partial charge < -0.3 is 0 Å². The van der Waals surface area contributed by atoms with Crippen LogP contribution < -0.4 is 4.40 Å². The zero-order valence-corrected chi connectivity index (χ0v) is 8.72. The van der Waals surface area contributed by atoms with E-state index >= 15 is 0 Å². The van der Waals surface area contributed by atoms with Crippen LogP contribution in [-0.4, -0.2) is 23.5 Å². The molecule has 1 aromatic heterocycles. The number of aromatic nitrogens is 2. The SMILES string of the molecule is [CH3][Ge]([CH3])([CH3])[c]1ccnnc1. The summed E-state index contributed by atoms with van der Waals surface area (Å²) >= 11 is -1.60. The Hall–Kier alpha value is -0.377. The fourth-order valence-electron chi connectivity index (χ4n) is 0.734. The van der Waals surface area contributed by atoms with E-state index in [0.717, 1.165) is 0 Å². The Balaban J connectivity index is 2.97. The van der Waals surface area contributed by atoms with Gasteiger partial charge in [-0.15, -0.1) is 0 Å². The molecule has 3 heteroatoms. The van der Waals surface area contributed by atoms with E-state index in [1.54, 1.807) is 6.20 Å². The molecule has 0 aromatic carbocycles. The van der Waals surface area contributed by atoms with Crippen molar-refractivity contribution < 1.29 is 0 Å². The summed E-state index contributed by atoms with van der Waals surface area (Å²) in [7, 11) is 0. The molecule has 54 valence electrons. The van der Waals surface area contributed by atoms with Crippen LogP contribution >= 0.6 is 0 Å². The van der Waals surface area contributed by atoms with Gasteiger partial charge in [0.2, 0.25) is 0 Å². The number of rotatable bonds is 1. The van der Waals surface area contributed by atoms with E-state index in [4.69, 9.17) is 0 Å². The van der Waals surface area contributed by atoms with Crippen molar-refractivity contribution in [3.63, 3.8) is 0 Å². The third-order valence-corrected chi connectivity index (χ3v) is 5.70. The maximum absolute atomic E-state index is 3.85. The van der Waals surface area contributed by atoms with Gasteiger partial charge in [0.15, 0.2) is 0 Å². The quantitative estimate of drug-likeness (QED) is 0.627. The summed E-state index contributed by atoms with van der Waals surface area (Å²) in [6.45, 7) is 0. The summed E-state index contributed by atoms with van der Waals surface area (Å²) in [6, 6.07) is 2.08. The standard InChI is InChI=1S/C7H12GeN2/c1-8(2,3)7-4-5-9-10-6-7/h4-6H,1-3H3. The van der Waals surface area contributed by atoms with Crippen LogP contribution in [0.25, 0.3) is 0 Å². The van der Waals surface area contributed by atoms with E-state index in [1.165, 1.54) is 4.40 Å². The first-order chi connectivity index (χ1) is 4.61. The summed E-state index contributed by atoms with van der Waals surface area (Å²) in [4.78, 5) is 0. The van der Waals surface area contributed by atoms with Gasteiger partial charge in [-0.1, -0.05) is 0 Å². The van der Waals surface area contributed by atoms with Crippen LogP contribution in [0.5, 0.6) is 0 Å². The normalized spacial score (nSPS) is 11.5. The maximum atomic E-state index is 3.85. The van der Waals surface area contributed by atoms with Gasteiger partial charge in [-0.05, 0) is 0 Å². The van der Waals surface area contributed by atoms with Gasteiger partial charge in [-0.25, -0.2) is 0 Å². The Bertz CT molecular complexity index is 203. The summed E-state index contributed by atoms with van der Waals surface area (Å²) in [6.07, 6.45) is 3.66. The van der Waals surface area contributed by atoms with E-state index in [0.29, 0.717) is 0 Å². The van der Waals surface area contributed by atoms with Gasteiger partial charge in [-0.3, -0.25) is 0 Å². The first kappa shape index (κ1) is 7.73. The average Bonchev–Trinajstić information content (AvgIpc) is 1.88. The fourth-order valence-corrected chi connectivity index (χ4v) is 2.87. The second kappa shape index (κ2) is 2.70. The predicted octanol–water partition coefficient (Wildman–Crippen LogP) is 1.02.